The Balaban J connectivity index is 2.73. The molecule has 0 aromatic carbocycles. The molecule has 8 nitrogen and oxygen atoms in total. The zero-order chi connectivity index (χ0) is 13.9. The maximum Gasteiger partial charge on any atom is 0.381 e. The Hall–Kier alpha value is -1.96. The van der Waals surface area contributed by atoms with E-state index in [1.165, 1.54) is 10.8 Å². The van der Waals surface area contributed by atoms with Crippen molar-refractivity contribution in [3.05, 3.63) is 22.1 Å². The van der Waals surface area contributed by atoms with Gasteiger partial charge in [-0.3, -0.25) is 9.36 Å². The van der Waals surface area contributed by atoms with Gasteiger partial charge in [0.25, 0.3) is 0 Å². The molecule has 1 heterocycles. The van der Waals surface area contributed by atoms with Crippen molar-refractivity contribution in [3.8, 4) is 0 Å². The molecule has 1 aromatic rings. The predicted molar refractivity (Wildman–Crippen MR) is 62.9 cm³/mol. The summed E-state index contributed by atoms with van der Waals surface area (Å²) in [7, 11) is 0. The molecule has 1 rings (SSSR count). The SMILES string of the molecule is Cc1nc([N+](=O)[O-])cn1CC(=O)NC(C)(C)CO. The number of carbonyl (C=O) groups excluding carboxylic acids is 1. The maximum absolute atomic E-state index is 11.7. The van der Waals surface area contributed by atoms with Gasteiger partial charge in [0.05, 0.1) is 12.1 Å². The molecule has 0 fully saturated rings. The summed E-state index contributed by atoms with van der Waals surface area (Å²) in [6.07, 6.45) is 1.21. The molecule has 0 atom stereocenters. The summed E-state index contributed by atoms with van der Waals surface area (Å²) >= 11 is 0. The van der Waals surface area contributed by atoms with Gasteiger partial charge in [0.2, 0.25) is 11.7 Å². The van der Waals surface area contributed by atoms with Crippen LogP contribution in [0.1, 0.15) is 19.7 Å². The molecule has 0 saturated heterocycles. The van der Waals surface area contributed by atoms with E-state index in [-0.39, 0.29) is 24.9 Å². The molecule has 2 N–H and O–H groups in total. The van der Waals surface area contributed by atoms with E-state index in [9.17, 15) is 14.9 Å². The summed E-state index contributed by atoms with van der Waals surface area (Å²) in [4.78, 5) is 25.3. The molecule has 1 aromatic heterocycles. The molecule has 18 heavy (non-hydrogen) atoms. The van der Waals surface area contributed by atoms with Gasteiger partial charge in [-0.05, 0) is 23.8 Å². The van der Waals surface area contributed by atoms with Gasteiger partial charge >= 0.3 is 5.82 Å². The van der Waals surface area contributed by atoms with E-state index < -0.39 is 10.5 Å². The summed E-state index contributed by atoms with van der Waals surface area (Å²) < 4.78 is 1.39. The fourth-order valence-electron chi connectivity index (χ4n) is 1.35. The van der Waals surface area contributed by atoms with Gasteiger partial charge in [-0.15, -0.1) is 0 Å². The Kier molecular flexibility index (Phi) is 4.02. The molecule has 1 amide bonds. The first-order chi connectivity index (χ1) is 8.25. The fraction of sp³-hybridized carbons (Fsp3) is 0.600. The van der Waals surface area contributed by atoms with E-state index >= 15 is 0 Å². The van der Waals surface area contributed by atoms with Crippen LogP contribution in [0.5, 0.6) is 0 Å². The lowest BCUT2D eigenvalue weighted by Gasteiger charge is -2.23. The summed E-state index contributed by atoms with van der Waals surface area (Å²) in [6, 6.07) is 0. The van der Waals surface area contributed by atoms with Crippen LogP contribution in [0.15, 0.2) is 6.20 Å². The van der Waals surface area contributed by atoms with E-state index in [1.54, 1.807) is 20.8 Å². The van der Waals surface area contributed by atoms with Crippen LogP contribution in [0, 0.1) is 17.0 Å². The minimum absolute atomic E-state index is 0.0733. The van der Waals surface area contributed by atoms with Gasteiger partial charge in [0.1, 0.15) is 12.7 Å². The van der Waals surface area contributed by atoms with Gasteiger partial charge in [-0.25, -0.2) is 0 Å². The number of aryl methyl sites for hydroxylation is 1. The quantitative estimate of drug-likeness (QED) is 0.568. The number of nitrogens with one attached hydrogen (secondary N) is 1. The third-order valence-electron chi connectivity index (χ3n) is 2.34. The second-order valence-corrected chi connectivity index (χ2v) is 4.62. The maximum atomic E-state index is 11.7. The lowest BCUT2D eigenvalue weighted by Crippen LogP contribution is -2.47. The van der Waals surface area contributed by atoms with Gasteiger partial charge in [0, 0.05) is 6.92 Å². The summed E-state index contributed by atoms with van der Waals surface area (Å²) in [5.74, 6) is -0.246. The first kappa shape index (κ1) is 14.1. The van der Waals surface area contributed by atoms with Crippen LogP contribution in [0.3, 0.4) is 0 Å². The molecule has 8 heteroatoms. The number of amides is 1. The summed E-state index contributed by atoms with van der Waals surface area (Å²) in [5.41, 5.74) is -0.725. The highest BCUT2D eigenvalue weighted by atomic mass is 16.6. The Morgan fingerprint density at radius 2 is 2.28 bits per heavy atom. The molecule has 0 aliphatic carbocycles. The smallest absolute Gasteiger partial charge is 0.381 e. The summed E-state index contributed by atoms with van der Waals surface area (Å²) in [6.45, 7) is 4.66. The standard InChI is InChI=1S/C10H16N4O4/c1-7-11-8(14(17)18)4-13(7)5-9(16)12-10(2,3)6-15/h4,15H,5-6H2,1-3H3,(H,12,16). The highest BCUT2D eigenvalue weighted by molar-refractivity contribution is 5.76. The number of aliphatic hydroxyl groups is 1. The number of nitro groups is 1. The van der Waals surface area contributed by atoms with Crippen molar-refractivity contribution in [2.24, 2.45) is 0 Å². The van der Waals surface area contributed by atoms with Crippen molar-refractivity contribution in [1.29, 1.82) is 0 Å². The van der Waals surface area contributed by atoms with Crippen LogP contribution in [-0.4, -0.2) is 37.6 Å². The largest absolute Gasteiger partial charge is 0.394 e. The van der Waals surface area contributed by atoms with E-state index in [1.807, 2.05) is 0 Å². The zero-order valence-corrected chi connectivity index (χ0v) is 10.5. The first-order valence-electron chi connectivity index (χ1n) is 5.35. The Morgan fingerprint density at radius 1 is 1.67 bits per heavy atom. The van der Waals surface area contributed by atoms with Gasteiger partial charge in [0.15, 0.2) is 0 Å². The van der Waals surface area contributed by atoms with Crippen molar-refractivity contribution in [2.45, 2.75) is 32.9 Å². The third-order valence-corrected chi connectivity index (χ3v) is 2.34. The second kappa shape index (κ2) is 5.13. The molecule has 0 radical (unpaired) electrons. The molecule has 0 saturated carbocycles. The van der Waals surface area contributed by atoms with E-state index in [0.717, 1.165) is 0 Å². The topological polar surface area (TPSA) is 110 Å². The second-order valence-electron chi connectivity index (χ2n) is 4.62. The van der Waals surface area contributed by atoms with Crippen LogP contribution in [-0.2, 0) is 11.3 Å². The highest BCUT2D eigenvalue weighted by Gasteiger charge is 2.21. The number of aromatic nitrogens is 2. The average molecular weight is 256 g/mol. The molecular weight excluding hydrogens is 240 g/mol. The number of aliphatic hydroxyl groups excluding tert-OH is 1. The van der Waals surface area contributed by atoms with Gasteiger partial charge in [-0.2, -0.15) is 0 Å². The van der Waals surface area contributed by atoms with Crippen molar-refractivity contribution < 1.29 is 14.8 Å². The van der Waals surface area contributed by atoms with Crippen molar-refractivity contribution >= 4 is 11.7 Å². The molecule has 100 valence electrons. The van der Waals surface area contributed by atoms with Crippen LogP contribution in [0.4, 0.5) is 5.82 Å². The molecule has 0 unspecified atom stereocenters. The Labute approximate surface area is 104 Å². The lowest BCUT2D eigenvalue weighted by molar-refractivity contribution is -0.389. The van der Waals surface area contributed by atoms with Crippen molar-refractivity contribution in [2.75, 3.05) is 6.61 Å². The number of imidazole rings is 1. The average Bonchev–Trinajstić information content (AvgIpc) is 2.59. The Bertz CT molecular complexity index is 466. The minimum Gasteiger partial charge on any atom is -0.394 e. The normalized spacial score (nSPS) is 11.3. The van der Waals surface area contributed by atoms with Crippen LogP contribution in [0.2, 0.25) is 0 Å². The van der Waals surface area contributed by atoms with Crippen LogP contribution >= 0.6 is 0 Å². The molecule has 0 aliphatic rings. The number of nitrogens with zero attached hydrogens (tertiary/aromatic N) is 3. The minimum atomic E-state index is -0.725. The van der Waals surface area contributed by atoms with Crippen LogP contribution < -0.4 is 5.32 Å². The number of rotatable bonds is 5. The number of hydrogen-bond donors (Lipinski definition) is 2. The molecule has 0 bridgehead atoms. The fourth-order valence-corrected chi connectivity index (χ4v) is 1.35. The van der Waals surface area contributed by atoms with Crippen molar-refractivity contribution in [3.63, 3.8) is 0 Å². The van der Waals surface area contributed by atoms with E-state index in [0.29, 0.717) is 5.82 Å². The predicted octanol–water partition coefficient (Wildman–Crippen LogP) is -0.0132. The van der Waals surface area contributed by atoms with E-state index in [4.69, 9.17) is 5.11 Å². The Morgan fingerprint density at radius 3 is 2.72 bits per heavy atom. The number of hydrogen-bond acceptors (Lipinski definition) is 5. The van der Waals surface area contributed by atoms with Gasteiger partial charge < -0.3 is 20.5 Å². The lowest BCUT2D eigenvalue weighted by atomic mass is 10.1. The number of carbonyl (C=O) groups is 1. The first-order valence-corrected chi connectivity index (χ1v) is 5.35. The molecular formula is C10H16N4O4. The van der Waals surface area contributed by atoms with Crippen LogP contribution in [0.25, 0.3) is 0 Å². The zero-order valence-electron chi connectivity index (χ0n) is 10.5. The summed E-state index contributed by atoms with van der Waals surface area (Å²) in [5, 5.41) is 22.2. The monoisotopic (exact) mass is 256 g/mol. The highest BCUT2D eigenvalue weighted by Crippen LogP contribution is 2.10. The molecule has 0 aliphatic heterocycles. The van der Waals surface area contributed by atoms with Gasteiger partial charge in [-0.1, -0.05) is 0 Å². The molecule has 0 spiro atoms. The van der Waals surface area contributed by atoms with E-state index in [2.05, 4.69) is 10.3 Å². The third kappa shape index (κ3) is 3.52. The van der Waals surface area contributed by atoms with Crippen molar-refractivity contribution in [1.82, 2.24) is 14.9 Å².